The van der Waals surface area contributed by atoms with Gasteiger partial charge in [-0.05, 0) is 53.6 Å². The van der Waals surface area contributed by atoms with Crippen LogP contribution in [-0.2, 0) is 16.1 Å². The van der Waals surface area contributed by atoms with Crippen LogP contribution in [0.5, 0.6) is 17.2 Å². The van der Waals surface area contributed by atoms with Crippen LogP contribution in [0.2, 0.25) is 0 Å². The van der Waals surface area contributed by atoms with Crippen molar-refractivity contribution in [2.45, 2.75) is 31.8 Å². The van der Waals surface area contributed by atoms with E-state index < -0.39 is 0 Å². The minimum atomic E-state index is -0.106. The average Bonchev–Trinajstić information content (AvgIpc) is 3.32. The number of hydrogen-bond acceptors (Lipinski definition) is 5. The number of fused-ring (bicyclic) bond motifs is 2. The summed E-state index contributed by atoms with van der Waals surface area (Å²) in [6, 6.07) is 20.8. The maximum Gasteiger partial charge on any atom is 0.251 e. The zero-order valence-corrected chi connectivity index (χ0v) is 25.1. The Bertz CT molecular complexity index is 1400. The zero-order valence-electron chi connectivity index (χ0n) is 23.0. The zero-order chi connectivity index (χ0) is 26.8. The molecule has 0 aromatic heterocycles. The molecular weight excluding hydrogens is 619 g/mol. The number of quaternary nitrogens is 1. The molecule has 3 aliphatic rings. The third-order valence-electron chi connectivity index (χ3n) is 7.95. The van der Waals surface area contributed by atoms with Crippen molar-refractivity contribution in [1.82, 2.24) is 0 Å². The molecule has 8 heteroatoms. The molecule has 1 saturated heterocycles. The van der Waals surface area contributed by atoms with Gasteiger partial charge in [-0.1, -0.05) is 24.3 Å². The Kier molecular flexibility index (Phi) is 8.68. The molecule has 1 fully saturated rings. The lowest BCUT2D eigenvalue weighted by Gasteiger charge is -2.40. The molecule has 210 valence electrons. The van der Waals surface area contributed by atoms with Gasteiger partial charge in [0.2, 0.25) is 6.79 Å². The van der Waals surface area contributed by atoms with E-state index in [-0.39, 0.29) is 36.7 Å². The molecule has 3 heterocycles. The van der Waals surface area contributed by atoms with E-state index in [1.54, 1.807) is 0 Å². The number of carbonyl (C=O) groups is 1. The van der Waals surface area contributed by atoms with Crippen LogP contribution < -0.4 is 43.5 Å². The standard InChI is InChI=1S/C32H34N2O5.HI/c1-34(2,28-12-14-36-15-13-28)20-22-3-7-27(8-4-22)33-32(35)25-11-16-37-29-9-5-23(17-26(29)18-25)24-6-10-30-31(19-24)39-21-38-30;/h3-10,17-19,28H,11-16,20-21H2,1-2H3;1H. The van der Waals surface area contributed by atoms with E-state index in [1.165, 1.54) is 5.56 Å². The number of nitrogens with one attached hydrogen (secondary N) is 1. The summed E-state index contributed by atoms with van der Waals surface area (Å²) in [6.45, 7) is 3.34. The molecule has 3 aromatic rings. The Morgan fingerprint density at radius 1 is 0.850 bits per heavy atom. The summed E-state index contributed by atoms with van der Waals surface area (Å²) in [5, 5.41) is 3.08. The van der Waals surface area contributed by atoms with Crippen LogP contribution in [0, 0.1) is 0 Å². The highest BCUT2D eigenvalue weighted by molar-refractivity contribution is 6.07. The molecule has 6 rings (SSSR count). The van der Waals surface area contributed by atoms with Crippen LogP contribution in [0.25, 0.3) is 17.2 Å². The van der Waals surface area contributed by atoms with E-state index in [9.17, 15) is 4.79 Å². The third-order valence-corrected chi connectivity index (χ3v) is 7.95. The minimum absolute atomic E-state index is 0. The lowest BCUT2D eigenvalue weighted by Crippen LogP contribution is -3.00. The summed E-state index contributed by atoms with van der Waals surface area (Å²) in [7, 11) is 4.59. The van der Waals surface area contributed by atoms with E-state index in [0.717, 1.165) is 76.7 Å². The fraction of sp³-hybridized carbons (Fsp3) is 0.344. The van der Waals surface area contributed by atoms with Gasteiger partial charge in [0.1, 0.15) is 12.3 Å². The van der Waals surface area contributed by atoms with Crippen molar-refractivity contribution < 1.29 is 52.2 Å². The molecule has 7 nitrogen and oxygen atoms in total. The lowest BCUT2D eigenvalue weighted by atomic mass is 10.0. The second kappa shape index (κ2) is 12.2. The number of amides is 1. The van der Waals surface area contributed by atoms with Crippen LogP contribution in [0.3, 0.4) is 0 Å². The number of hydrogen-bond donors (Lipinski definition) is 1. The summed E-state index contributed by atoms with van der Waals surface area (Å²) in [5.74, 6) is 2.17. The number of halogens is 1. The van der Waals surface area contributed by atoms with Crippen molar-refractivity contribution >= 4 is 17.7 Å². The van der Waals surface area contributed by atoms with Gasteiger partial charge in [-0.3, -0.25) is 4.79 Å². The van der Waals surface area contributed by atoms with Crippen molar-refractivity contribution in [2.75, 3.05) is 46.0 Å². The van der Waals surface area contributed by atoms with E-state index >= 15 is 0 Å². The summed E-state index contributed by atoms with van der Waals surface area (Å²) < 4.78 is 23.4. The van der Waals surface area contributed by atoms with Gasteiger partial charge in [-0.2, -0.15) is 0 Å². The summed E-state index contributed by atoms with van der Waals surface area (Å²) in [6.07, 6.45) is 4.67. The average molecular weight is 655 g/mol. The van der Waals surface area contributed by atoms with Gasteiger partial charge in [-0.15, -0.1) is 0 Å². The van der Waals surface area contributed by atoms with E-state index in [4.69, 9.17) is 18.9 Å². The van der Waals surface area contributed by atoms with Crippen LogP contribution in [0.4, 0.5) is 5.69 Å². The minimum Gasteiger partial charge on any atom is -1.00 e. The molecule has 3 aliphatic heterocycles. The molecule has 0 bridgehead atoms. The number of ether oxygens (including phenoxy) is 4. The van der Waals surface area contributed by atoms with Gasteiger partial charge in [-0.25, -0.2) is 0 Å². The van der Waals surface area contributed by atoms with Gasteiger partial charge in [0.15, 0.2) is 11.5 Å². The van der Waals surface area contributed by atoms with Crippen LogP contribution in [0.15, 0.2) is 66.2 Å². The summed E-state index contributed by atoms with van der Waals surface area (Å²) >= 11 is 0. The van der Waals surface area contributed by atoms with Crippen molar-refractivity contribution in [3.8, 4) is 28.4 Å². The van der Waals surface area contributed by atoms with Crippen LogP contribution in [-0.4, -0.2) is 57.1 Å². The van der Waals surface area contributed by atoms with E-state index in [2.05, 4.69) is 37.6 Å². The van der Waals surface area contributed by atoms with E-state index in [0.29, 0.717) is 24.6 Å². The molecule has 40 heavy (non-hydrogen) atoms. The Hall–Kier alpha value is -3.08. The van der Waals surface area contributed by atoms with Gasteiger partial charge >= 0.3 is 0 Å². The Morgan fingerprint density at radius 3 is 2.33 bits per heavy atom. The van der Waals surface area contributed by atoms with Crippen molar-refractivity contribution in [3.05, 3.63) is 77.4 Å². The normalized spacial score (nSPS) is 16.6. The first-order chi connectivity index (χ1) is 18.9. The lowest BCUT2D eigenvalue weighted by molar-refractivity contribution is -0.929. The number of benzene rings is 3. The van der Waals surface area contributed by atoms with Gasteiger partial charge in [0, 0.05) is 41.6 Å². The first-order valence-corrected chi connectivity index (χ1v) is 13.6. The molecule has 0 aliphatic carbocycles. The van der Waals surface area contributed by atoms with Crippen molar-refractivity contribution in [3.63, 3.8) is 0 Å². The quantitative estimate of drug-likeness (QED) is 0.328. The van der Waals surface area contributed by atoms with Gasteiger partial charge in [0.25, 0.3) is 5.91 Å². The molecule has 0 unspecified atom stereocenters. The predicted molar refractivity (Wildman–Crippen MR) is 151 cm³/mol. The Balaban J connectivity index is 0.00000323. The predicted octanol–water partition coefficient (Wildman–Crippen LogP) is 2.65. The molecule has 3 aromatic carbocycles. The van der Waals surface area contributed by atoms with Crippen molar-refractivity contribution in [2.24, 2.45) is 0 Å². The monoisotopic (exact) mass is 654 g/mol. The van der Waals surface area contributed by atoms with Crippen LogP contribution in [0.1, 0.15) is 30.4 Å². The number of carbonyl (C=O) groups excluding carboxylic acids is 1. The maximum absolute atomic E-state index is 13.3. The smallest absolute Gasteiger partial charge is 0.251 e. The second-order valence-electron chi connectivity index (χ2n) is 11.0. The highest BCUT2D eigenvalue weighted by atomic mass is 127. The second-order valence-corrected chi connectivity index (χ2v) is 11.0. The topological polar surface area (TPSA) is 66.0 Å². The van der Waals surface area contributed by atoms with Gasteiger partial charge < -0.3 is 52.7 Å². The number of rotatable bonds is 6. The fourth-order valence-electron chi connectivity index (χ4n) is 5.65. The first kappa shape index (κ1) is 28.4. The molecule has 1 amide bonds. The van der Waals surface area contributed by atoms with Crippen LogP contribution >= 0.6 is 0 Å². The van der Waals surface area contributed by atoms with E-state index in [1.807, 2.05) is 48.5 Å². The molecule has 0 radical (unpaired) electrons. The SMILES string of the molecule is C[N+](C)(Cc1ccc(NC(=O)C2=Cc3cc(-c4ccc5c(c4)OCO5)ccc3OCC2)cc1)C1CCOCC1.[I-]. The van der Waals surface area contributed by atoms with Gasteiger partial charge in [0.05, 0.1) is 40.0 Å². The number of nitrogens with zero attached hydrogens (tertiary/aromatic N) is 1. The maximum atomic E-state index is 13.3. The molecule has 0 saturated carbocycles. The first-order valence-electron chi connectivity index (χ1n) is 13.6. The molecule has 0 spiro atoms. The summed E-state index contributed by atoms with van der Waals surface area (Å²) in [5.41, 5.74) is 5.67. The summed E-state index contributed by atoms with van der Waals surface area (Å²) in [4.78, 5) is 13.3. The largest absolute Gasteiger partial charge is 1.00 e. The highest BCUT2D eigenvalue weighted by Gasteiger charge is 2.30. The third kappa shape index (κ3) is 6.29. The highest BCUT2D eigenvalue weighted by Crippen LogP contribution is 2.38. The Labute approximate surface area is 252 Å². The molecule has 0 atom stereocenters. The van der Waals surface area contributed by atoms with Crippen molar-refractivity contribution in [1.29, 1.82) is 0 Å². The molecule has 1 N–H and O–H groups in total. The fourth-order valence-corrected chi connectivity index (χ4v) is 5.65. The number of anilines is 1. The molecular formula is C32H35IN2O5. The Morgan fingerprint density at radius 2 is 1.55 bits per heavy atom.